The fraction of sp³-hybridized carbons (Fsp3) is 0.385. The Kier molecular flexibility index (Phi) is 4.11. The molecule has 0 N–H and O–H groups in total. The predicted octanol–water partition coefficient (Wildman–Crippen LogP) is 2.76. The molecule has 0 unspecified atom stereocenters. The number of nitrogens with zero attached hydrogens (tertiary/aromatic N) is 1. The van der Waals surface area contributed by atoms with Crippen molar-refractivity contribution >= 4 is 5.78 Å². The fourth-order valence-electron chi connectivity index (χ4n) is 1.78. The Balaban J connectivity index is 3.23. The third kappa shape index (κ3) is 2.97. The number of carbonyl (C=O) groups excluding carboxylic acids is 1. The number of ketones is 1. The SMILES string of the molecule is CC(=O)COc1c(C)cc(C)c(C#[N+][O-])c1C. The lowest BCUT2D eigenvalue weighted by atomic mass is 9.99. The normalized spacial score (nSPS) is 9.41. The van der Waals surface area contributed by atoms with Crippen molar-refractivity contribution in [3.63, 3.8) is 0 Å². The second kappa shape index (κ2) is 5.35. The molecule has 17 heavy (non-hydrogen) atoms. The van der Waals surface area contributed by atoms with E-state index in [1.807, 2.05) is 26.8 Å². The number of hydrogen-bond acceptors (Lipinski definition) is 3. The minimum absolute atomic E-state index is 0.0265. The Labute approximate surface area is 101 Å². The molecule has 0 fully saturated rings. The summed E-state index contributed by atoms with van der Waals surface area (Å²) < 4.78 is 5.44. The highest BCUT2D eigenvalue weighted by Gasteiger charge is 2.14. The van der Waals surface area contributed by atoms with Gasteiger partial charge in [-0.05, 0) is 38.8 Å². The smallest absolute Gasteiger partial charge is 0.337 e. The molecule has 1 aromatic carbocycles. The lowest BCUT2D eigenvalue weighted by Crippen LogP contribution is -2.09. The van der Waals surface area contributed by atoms with Crippen molar-refractivity contribution in [1.29, 1.82) is 0 Å². The van der Waals surface area contributed by atoms with Crippen LogP contribution in [-0.2, 0) is 4.79 Å². The Morgan fingerprint density at radius 1 is 1.41 bits per heavy atom. The summed E-state index contributed by atoms with van der Waals surface area (Å²) in [6.45, 7) is 7.09. The Morgan fingerprint density at radius 3 is 2.59 bits per heavy atom. The number of benzene rings is 1. The van der Waals surface area contributed by atoms with Crippen molar-refractivity contribution in [3.8, 4) is 11.8 Å². The Morgan fingerprint density at radius 2 is 2.06 bits per heavy atom. The van der Waals surface area contributed by atoms with E-state index in [1.54, 1.807) is 0 Å². The van der Waals surface area contributed by atoms with E-state index in [1.165, 1.54) is 6.92 Å². The first kappa shape index (κ1) is 13.0. The minimum atomic E-state index is -0.0487. The Hall–Kier alpha value is -2.02. The molecule has 0 saturated heterocycles. The van der Waals surface area contributed by atoms with Crippen molar-refractivity contribution < 1.29 is 9.53 Å². The third-order valence-corrected chi connectivity index (χ3v) is 2.48. The summed E-state index contributed by atoms with van der Waals surface area (Å²) >= 11 is 0. The third-order valence-electron chi connectivity index (χ3n) is 2.48. The van der Waals surface area contributed by atoms with E-state index >= 15 is 0 Å². The molecule has 0 aliphatic rings. The van der Waals surface area contributed by atoms with Crippen molar-refractivity contribution in [1.82, 2.24) is 0 Å². The molecule has 0 aliphatic carbocycles. The van der Waals surface area contributed by atoms with Crippen LogP contribution in [0, 0.1) is 32.0 Å². The van der Waals surface area contributed by atoms with Gasteiger partial charge in [0.2, 0.25) is 0 Å². The van der Waals surface area contributed by atoms with Crippen LogP contribution in [0.15, 0.2) is 6.07 Å². The molecule has 0 saturated carbocycles. The molecule has 0 aliphatic heterocycles. The van der Waals surface area contributed by atoms with Gasteiger partial charge in [0, 0.05) is 10.6 Å². The number of carbonyl (C=O) groups is 1. The average molecular weight is 233 g/mol. The highest BCUT2D eigenvalue weighted by molar-refractivity contribution is 5.77. The molecular formula is C13H15NO3. The highest BCUT2D eigenvalue weighted by atomic mass is 16.5. The van der Waals surface area contributed by atoms with Gasteiger partial charge in [0.25, 0.3) is 0 Å². The molecule has 90 valence electrons. The number of aryl methyl sites for hydroxylation is 2. The molecule has 1 rings (SSSR count). The van der Waals surface area contributed by atoms with Crippen LogP contribution in [0.1, 0.15) is 29.2 Å². The van der Waals surface area contributed by atoms with Gasteiger partial charge >= 0.3 is 6.07 Å². The maximum atomic E-state index is 10.9. The Bertz CT molecular complexity index is 510. The molecule has 0 bridgehead atoms. The molecule has 0 spiro atoms. The van der Waals surface area contributed by atoms with E-state index in [2.05, 4.69) is 11.1 Å². The minimum Gasteiger partial charge on any atom is -0.498 e. The largest absolute Gasteiger partial charge is 0.498 e. The van der Waals surface area contributed by atoms with Gasteiger partial charge < -0.3 is 9.94 Å². The van der Waals surface area contributed by atoms with Crippen LogP contribution in [0.2, 0.25) is 0 Å². The van der Waals surface area contributed by atoms with Gasteiger partial charge in [0.1, 0.15) is 17.9 Å². The molecule has 4 heteroatoms. The van der Waals surface area contributed by atoms with Gasteiger partial charge in [-0.25, -0.2) is 0 Å². The van der Waals surface area contributed by atoms with Gasteiger partial charge in [-0.2, -0.15) is 0 Å². The first-order chi connectivity index (χ1) is 7.97. The van der Waals surface area contributed by atoms with Crippen molar-refractivity contribution in [2.75, 3.05) is 6.61 Å². The number of rotatable bonds is 3. The van der Waals surface area contributed by atoms with Crippen LogP contribution >= 0.6 is 0 Å². The lowest BCUT2D eigenvalue weighted by Gasteiger charge is -2.12. The molecule has 4 nitrogen and oxygen atoms in total. The van der Waals surface area contributed by atoms with Crippen molar-refractivity contribution in [3.05, 3.63) is 38.5 Å². The summed E-state index contributed by atoms with van der Waals surface area (Å²) in [4.78, 5) is 10.9. The molecule has 0 amide bonds. The van der Waals surface area contributed by atoms with Crippen LogP contribution in [-0.4, -0.2) is 12.4 Å². The lowest BCUT2D eigenvalue weighted by molar-refractivity contribution is -0.118. The van der Waals surface area contributed by atoms with E-state index in [4.69, 9.17) is 4.74 Å². The molecule has 0 heterocycles. The summed E-state index contributed by atoms with van der Waals surface area (Å²) in [5.74, 6) is 0.573. The zero-order valence-corrected chi connectivity index (χ0v) is 10.5. The van der Waals surface area contributed by atoms with Gasteiger partial charge in [-0.15, -0.1) is 0 Å². The highest BCUT2D eigenvalue weighted by Crippen LogP contribution is 2.28. The maximum Gasteiger partial charge on any atom is 0.337 e. The average Bonchev–Trinajstić information content (AvgIpc) is 2.23. The van der Waals surface area contributed by atoms with Gasteiger partial charge in [0.05, 0.1) is 0 Å². The first-order valence-corrected chi connectivity index (χ1v) is 5.28. The van der Waals surface area contributed by atoms with E-state index in [9.17, 15) is 10.0 Å². The maximum absolute atomic E-state index is 10.9. The standard InChI is InChI=1S/C13H15NO3/c1-8-5-9(2)13(17-7-10(3)15)11(4)12(8)6-14-16/h5H,7H2,1-4H3. The zero-order chi connectivity index (χ0) is 13.0. The van der Waals surface area contributed by atoms with Crippen LogP contribution < -0.4 is 4.74 Å². The van der Waals surface area contributed by atoms with Gasteiger partial charge in [-0.1, -0.05) is 6.07 Å². The van der Waals surface area contributed by atoms with Gasteiger partial charge in [0.15, 0.2) is 5.78 Å². The monoisotopic (exact) mass is 233 g/mol. The van der Waals surface area contributed by atoms with E-state index in [0.29, 0.717) is 11.3 Å². The van der Waals surface area contributed by atoms with Crippen molar-refractivity contribution in [2.24, 2.45) is 0 Å². The summed E-state index contributed by atoms with van der Waals surface area (Å²) in [6.07, 6.45) is 0. The predicted molar refractivity (Wildman–Crippen MR) is 66.5 cm³/mol. The van der Waals surface area contributed by atoms with Crippen molar-refractivity contribution in [2.45, 2.75) is 27.7 Å². The van der Waals surface area contributed by atoms with Crippen LogP contribution in [0.25, 0.3) is 5.01 Å². The number of Topliss-reactive ketones (excluding diaryl/α,β-unsaturated/α-hetero) is 1. The van der Waals surface area contributed by atoms with Crippen LogP contribution in [0.4, 0.5) is 0 Å². The topological polar surface area (TPSA) is 53.7 Å². The molecule has 0 aromatic heterocycles. The van der Waals surface area contributed by atoms with E-state index in [0.717, 1.165) is 16.7 Å². The molecule has 0 atom stereocenters. The zero-order valence-electron chi connectivity index (χ0n) is 10.5. The number of ether oxygens (including phenoxy) is 1. The quantitative estimate of drug-likeness (QED) is 0.754. The molecule has 0 radical (unpaired) electrons. The second-order valence-corrected chi connectivity index (χ2v) is 4.03. The summed E-state index contributed by atoms with van der Waals surface area (Å²) in [7, 11) is 0. The van der Waals surface area contributed by atoms with E-state index < -0.39 is 0 Å². The van der Waals surface area contributed by atoms with Crippen LogP contribution in [0.5, 0.6) is 5.75 Å². The van der Waals surface area contributed by atoms with Gasteiger partial charge in [-0.3, -0.25) is 4.79 Å². The molecule has 1 aromatic rings. The summed E-state index contributed by atoms with van der Waals surface area (Å²) in [5.41, 5.74) is 3.25. The second-order valence-electron chi connectivity index (χ2n) is 4.03. The van der Waals surface area contributed by atoms with E-state index in [-0.39, 0.29) is 12.4 Å². The summed E-state index contributed by atoms with van der Waals surface area (Å²) in [6, 6.07) is 4.29. The number of hydrogen-bond donors (Lipinski definition) is 0. The summed E-state index contributed by atoms with van der Waals surface area (Å²) in [5, 5.41) is 13.0. The molecular weight excluding hydrogens is 218 g/mol. The fourth-order valence-corrected chi connectivity index (χ4v) is 1.78. The first-order valence-electron chi connectivity index (χ1n) is 5.28. The van der Waals surface area contributed by atoms with Crippen LogP contribution in [0.3, 0.4) is 0 Å².